The van der Waals surface area contributed by atoms with E-state index in [4.69, 9.17) is 11.6 Å². The van der Waals surface area contributed by atoms with Gasteiger partial charge in [0.2, 0.25) is 11.8 Å². The molecule has 1 saturated heterocycles. The highest BCUT2D eigenvalue weighted by molar-refractivity contribution is 6.25. The molecule has 1 aliphatic carbocycles. The Balaban J connectivity index is 2.37. The Morgan fingerprint density at radius 3 is 2.43 bits per heavy atom. The van der Waals surface area contributed by atoms with Gasteiger partial charge in [-0.1, -0.05) is 57.7 Å². The summed E-state index contributed by atoms with van der Waals surface area (Å²) < 4.78 is 0. The van der Waals surface area contributed by atoms with Crippen molar-refractivity contribution in [2.45, 2.75) is 64.5 Å². The lowest BCUT2D eigenvalue weighted by molar-refractivity contribution is -0.162. The van der Waals surface area contributed by atoms with Gasteiger partial charge in [0.05, 0.1) is 0 Å². The van der Waals surface area contributed by atoms with Gasteiger partial charge in [-0.2, -0.15) is 0 Å². The van der Waals surface area contributed by atoms with E-state index < -0.39 is 11.6 Å². The lowest BCUT2D eigenvalue weighted by Crippen LogP contribution is -2.73. The average Bonchev–Trinajstić information content (AvgIpc) is 2.43. The van der Waals surface area contributed by atoms with Crippen molar-refractivity contribution >= 4 is 23.4 Å². The van der Waals surface area contributed by atoms with E-state index in [1.54, 1.807) is 11.0 Å². The van der Waals surface area contributed by atoms with Crippen LogP contribution in [0.5, 0.6) is 0 Å². The third kappa shape index (κ3) is 2.96. The normalized spacial score (nSPS) is 26.5. The fourth-order valence-corrected chi connectivity index (χ4v) is 3.53. The van der Waals surface area contributed by atoms with Crippen LogP contribution in [-0.4, -0.2) is 34.8 Å². The van der Waals surface area contributed by atoms with Gasteiger partial charge in [0.25, 0.3) is 0 Å². The van der Waals surface area contributed by atoms with Crippen molar-refractivity contribution in [3.63, 3.8) is 0 Å². The van der Waals surface area contributed by atoms with Crippen LogP contribution in [0.1, 0.15) is 52.9 Å². The van der Waals surface area contributed by atoms with E-state index >= 15 is 0 Å². The lowest BCUT2D eigenvalue weighted by Gasteiger charge is -2.51. The SMILES string of the molecule is CC(C)(C)C1NC(=O)C2(CCCCC2)N(C/C=C/Cl)C1=O. The maximum absolute atomic E-state index is 12.9. The van der Waals surface area contributed by atoms with Crippen molar-refractivity contribution in [1.82, 2.24) is 10.2 Å². The van der Waals surface area contributed by atoms with Gasteiger partial charge in [-0.05, 0) is 18.3 Å². The van der Waals surface area contributed by atoms with Gasteiger partial charge < -0.3 is 10.2 Å². The van der Waals surface area contributed by atoms with E-state index in [-0.39, 0.29) is 17.2 Å². The summed E-state index contributed by atoms with van der Waals surface area (Å²) >= 11 is 5.64. The second kappa shape index (κ2) is 5.99. The molecular formula is C16H25ClN2O2. The van der Waals surface area contributed by atoms with Gasteiger partial charge in [0.1, 0.15) is 11.6 Å². The lowest BCUT2D eigenvalue weighted by atomic mass is 9.74. The average molecular weight is 313 g/mol. The van der Waals surface area contributed by atoms with Gasteiger partial charge in [-0.3, -0.25) is 9.59 Å². The molecule has 4 nitrogen and oxygen atoms in total. The van der Waals surface area contributed by atoms with Gasteiger partial charge in [0.15, 0.2) is 0 Å². The van der Waals surface area contributed by atoms with E-state index in [0.717, 1.165) is 32.1 Å². The van der Waals surface area contributed by atoms with E-state index in [9.17, 15) is 9.59 Å². The number of hydrogen-bond donors (Lipinski definition) is 1. The molecule has 1 saturated carbocycles. The third-order valence-electron chi connectivity index (χ3n) is 4.65. The standard InChI is InChI=1S/C16H25ClN2O2/c1-15(2,3)12-13(20)19(11-7-10-17)16(14(21)18-12)8-5-4-6-9-16/h7,10,12H,4-6,8-9,11H2,1-3H3,(H,18,21)/b10-7+. The van der Waals surface area contributed by atoms with Gasteiger partial charge >= 0.3 is 0 Å². The largest absolute Gasteiger partial charge is 0.342 e. The molecule has 0 radical (unpaired) electrons. The number of carbonyl (C=O) groups excluding carboxylic acids is 2. The van der Waals surface area contributed by atoms with E-state index in [1.807, 2.05) is 20.8 Å². The Hall–Kier alpha value is -1.03. The highest BCUT2D eigenvalue weighted by atomic mass is 35.5. The zero-order valence-electron chi connectivity index (χ0n) is 13.1. The van der Waals surface area contributed by atoms with Crippen molar-refractivity contribution < 1.29 is 9.59 Å². The van der Waals surface area contributed by atoms with Crippen molar-refractivity contribution in [2.24, 2.45) is 5.41 Å². The molecule has 1 spiro atoms. The number of hydrogen-bond acceptors (Lipinski definition) is 2. The Morgan fingerprint density at radius 1 is 1.29 bits per heavy atom. The summed E-state index contributed by atoms with van der Waals surface area (Å²) in [6.45, 7) is 6.33. The minimum Gasteiger partial charge on any atom is -0.342 e. The Kier molecular flexibility index (Phi) is 4.66. The first kappa shape index (κ1) is 16.3. The molecule has 2 fully saturated rings. The van der Waals surface area contributed by atoms with Crippen LogP contribution in [-0.2, 0) is 9.59 Å². The maximum Gasteiger partial charge on any atom is 0.246 e. The smallest absolute Gasteiger partial charge is 0.246 e. The monoisotopic (exact) mass is 312 g/mol. The predicted molar refractivity (Wildman–Crippen MR) is 83.9 cm³/mol. The second-order valence-corrected chi connectivity index (χ2v) is 7.43. The van der Waals surface area contributed by atoms with E-state index in [0.29, 0.717) is 6.54 Å². The molecule has 1 unspecified atom stereocenters. The van der Waals surface area contributed by atoms with Crippen LogP contribution in [0.15, 0.2) is 11.6 Å². The van der Waals surface area contributed by atoms with Crippen molar-refractivity contribution in [2.75, 3.05) is 6.54 Å². The molecule has 2 aliphatic rings. The number of nitrogens with one attached hydrogen (secondary N) is 1. The molecule has 0 aromatic carbocycles. The molecule has 2 rings (SSSR count). The van der Waals surface area contributed by atoms with Gasteiger partial charge in [-0.25, -0.2) is 0 Å². The van der Waals surface area contributed by atoms with Gasteiger partial charge in [0, 0.05) is 12.1 Å². The highest BCUT2D eigenvalue weighted by Crippen LogP contribution is 2.38. The number of carbonyl (C=O) groups is 2. The first-order chi connectivity index (χ1) is 9.83. The second-order valence-electron chi connectivity index (χ2n) is 7.18. The Morgan fingerprint density at radius 2 is 1.90 bits per heavy atom. The molecule has 1 aliphatic heterocycles. The fraction of sp³-hybridized carbons (Fsp3) is 0.750. The highest BCUT2D eigenvalue weighted by Gasteiger charge is 2.54. The zero-order chi connectivity index (χ0) is 15.7. The number of piperazine rings is 1. The van der Waals surface area contributed by atoms with Crippen molar-refractivity contribution in [3.8, 4) is 0 Å². The summed E-state index contributed by atoms with van der Waals surface area (Å²) in [5.41, 5.74) is 0.446. The van der Waals surface area contributed by atoms with Crippen LogP contribution in [0.4, 0.5) is 0 Å². The maximum atomic E-state index is 12.9. The summed E-state index contributed by atoms with van der Waals surface area (Å²) in [4.78, 5) is 27.5. The summed E-state index contributed by atoms with van der Waals surface area (Å²) in [5, 5.41) is 2.99. The first-order valence-electron chi connectivity index (χ1n) is 7.70. The molecule has 21 heavy (non-hydrogen) atoms. The number of amides is 2. The Bertz CT molecular complexity index is 448. The number of nitrogens with zero attached hydrogens (tertiary/aromatic N) is 1. The molecule has 118 valence electrons. The number of rotatable bonds is 2. The molecule has 0 bridgehead atoms. The van der Waals surface area contributed by atoms with Crippen LogP contribution >= 0.6 is 11.6 Å². The molecule has 1 heterocycles. The van der Waals surface area contributed by atoms with E-state index in [1.165, 1.54) is 5.54 Å². The first-order valence-corrected chi connectivity index (χ1v) is 8.14. The van der Waals surface area contributed by atoms with Gasteiger partial charge in [-0.15, -0.1) is 0 Å². The summed E-state index contributed by atoms with van der Waals surface area (Å²) in [5.74, 6) is 0.0171. The van der Waals surface area contributed by atoms with Crippen LogP contribution in [0.25, 0.3) is 0 Å². The summed E-state index contributed by atoms with van der Waals surface area (Å²) in [7, 11) is 0. The van der Waals surface area contributed by atoms with Crippen LogP contribution in [0, 0.1) is 5.41 Å². The minimum absolute atomic E-state index is 0.00435. The quantitative estimate of drug-likeness (QED) is 0.852. The molecular weight excluding hydrogens is 288 g/mol. The molecule has 1 N–H and O–H groups in total. The van der Waals surface area contributed by atoms with E-state index in [2.05, 4.69) is 5.32 Å². The molecule has 2 amide bonds. The molecule has 1 atom stereocenters. The zero-order valence-corrected chi connectivity index (χ0v) is 13.9. The topological polar surface area (TPSA) is 49.4 Å². The molecule has 0 aromatic rings. The Labute approximate surface area is 131 Å². The van der Waals surface area contributed by atoms with Crippen LogP contribution in [0.3, 0.4) is 0 Å². The summed E-state index contributed by atoms with van der Waals surface area (Å²) in [6.07, 6.45) is 6.35. The van der Waals surface area contributed by atoms with Crippen LogP contribution in [0.2, 0.25) is 0 Å². The molecule has 0 aromatic heterocycles. The molecule has 5 heteroatoms. The summed E-state index contributed by atoms with van der Waals surface area (Å²) in [6, 6.07) is -0.471. The third-order valence-corrected chi connectivity index (χ3v) is 4.83. The van der Waals surface area contributed by atoms with Crippen LogP contribution < -0.4 is 5.32 Å². The van der Waals surface area contributed by atoms with Crippen molar-refractivity contribution in [1.29, 1.82) is 0 Å². The number of halogens is 1. The van der Waals surface area contributed by atoms with Crippen molar-refractivity contribution in [3.05, 3.63) is 11.6 Å². The predicted octanol–water partition coefficient (Wildman–Crippen LogP) is 2.81. The minimum atomic E-state index is -0.673. The fourth-order valence-electron chi connectivity index (χ4n) is 3.45.